The van der Waals surface area contributed by atoms with E-state index in [2.05, 4.69) is 5.32 Å². The maximum Gasteiger partial charge on any atom is 0.307 e. The highest BCUT2D eigenvalue weighted by Crippen LogP contribution is 2.36. The van der Waals surface area contributed by atoms with Crippen LogP contribution < -0.4 is 5.32 Å². The molecular weight excluding hydrogens is 388 g/mol. The average Bonchev–Trinajstić information content (AvgIpc) is 2.88. The molecule has 1 aromatic rings. The topological polar surface area (TPSA) is 116 Å². The van der Waals surface area contributed by atoms with Crippen LogP contribution in [0.5, 0.6) is 0 Å². The zero-order valence-corrected chi connectivity index (χ0v) is 16.3. The summed E-state index contributed by atoms with van der Waals surface area (Å²) in [4.78, 5) is 46.1. The predicted molar refractivity (Wildman–Crippen MR) is 101 cm³/mol. The minimum Gasteiger partial charge on any atom is -0.456 e. The van der Waals surface area contributed by atoms with E-state index in [1.165, 1.54) is 0 Å². The molecule has 0 saturated heterocycles. The summed E-state index contributed by atoms with van der Waals surface area (Å²) >= 11 is 5.81. The number of nitrogens with zero attached hydrogens (tertiary/aromatic N) is 1. The summed E-state index contributed by atoms with van der Waals surface area (Å²) in [7, 11) is 0. The molecule has 0 bridgehead atoms. The average molecular weight is 411 g/mol. The third-order valence-electron chi connectivity index (χ3n) is 4.94. The molecule has 9 heteroatoms. The Hall–Kier alpha value is -2.48. The molecule has 152 valence electrons. The Kier molecular flexibility index (Phi) is 7.92. The van der Waals surface area contributed by atoms with E-state index in [1.54, 1.807) is 19.1 Å². The first-order chi connectivity index (χ1) is 13.3. The van der Waals surface area contributed by atoms with E-state index in [0.29, 0.717) is 18.0 Å². The van der Waals surface area contributed by atoms with Crippen molar-refractivity contribution in [2.45, 2.75) is 26.2 Å². The number of ketones is 1. The number of Topliss-reactive ketones (excluding diaryl/α,β-unsaturated/α-hetero) is 1. The van der Waals surface area contributed by atoms with Crippen molar-refractivity contribution in [2.24, 2.45) is 17.8 Å². The lowest BCUT2D eigenvalue weighted by Crippen LogP contribution is -2.32. The van der Waals surface area contributed by atoms with Crippen LogP contribution in [0.15, 0.2) is 24.3 Å². The molecule has 1 saturated carbocycles. The molecule has 0 aliphatic heterocycles. The molecule has 8 nitrogen and oxygen atoms in total. The van der Waals surface area contributed by atoms with Gasteiger partial charge in [0.1, 0.15) is 5.78 Å². The van der Waals surface area contributed by atoms with Gasteiger partial charge in [0, 0.05) is 34.7 Å². The van der Waals surface area contributed by atoms with Gasteiger partial charge in [0.05, 0.1) is 6.42 Å². The fraction of sp³-hybridized carbons (Fsp3) is 0.526. The number of benzene rings is 1. The van der Waals surface area contributed by atoms with Crippen LogP contribution in [-0.2, 0) is 25.5 Å². The first-order valence-electron chi connectivity index (χ1n) is 9.07. The number of ether oxygens (including phenoxy) is 1. The minimum atomic E-state index is -0.721. The molecule has 0 unspecified atom stereocenters. The summed E-state index contributed by atoms with van der Waals surface area (Å²) in [6.07, 6.45) is 0.593. The van der Waals surface area contributed by atoms with Crippen molar-refractivity contribution < 1.29 is 24.0 Å². The van der Waals surface area contributed by atoms with E-state index in [-0.39, 0.29) is 31.1 Å². The summed E-state index contributed by atoms with van der Waals surface area (Å²) < 4.78 is 4.93. The van der Waals surface area contributed by atoms with Crippen molar-refractivity contribution in [1.29, 1.82) is 0 Å². The summed E-state index contributed by atoms with van der Waals surface area (Å²) in [5.41, 5.74) is 1.01. The van der Waals surface area contributed by atoms with E-state index in [1.807, 2.05) is 12.1 Å². The third-order valence-corrected chi connectivity index (χ3v) is 5.20. The van der Waals surface area contributed by atoms with E-state index in [4.69, 9.17) is 16.3 Å². The summed E-state index contributed by atoms with van der Waals surface area (Å²) in [5.74, 6) is -2.66. The van der Waals surface area contributed by atoms with Gasteiger partial charge in [-0.15, -0.1) is 0 Å². The summed E-state index contributed by atoms with van der Waals surface area (Å²) in [6.45, 7) is 1.35. The molecule has 0 radical (unpaired) electrons. The Labute approximate surface area is 167 Å². The quantitative estimate of drug-likeness (QED) is 0.378. The lowest BCUT2D eigenvalue weighted by Gasteiger charge is -2.17. The third kappa shape index (κ3) is 6.60. The van der Waals surface area contributed by atoms with Gasteiger partial charge in [-0.3, -0.25) is 24.5 Å². The highest BCUT2D eigenvalue weighted by Gasteiger charge is 2.44. The van der Waals surface area contributed by atoms with Crippen molar-refractivity contribution in [3.05, 3.63) is 45.0 Å². The second-order valence-electron chi connectivity index (χ2n) is 7.02. The molecular formula is C19H23ClN2O6. The molecule has 1 amide bonds. The van der Waals surface area contributed by atoms with Crippen molar-refractivity contribution in [1.82, 2.24) is 5.32 Å². The van der Waals surface area contributed by atoms with Crippen molar-refractivity contribution >= 4 is 29.3 Å². The van der Waals surface area contributed by atoms with Crippen LogP contribution in [0.1, 0.15) is 25.3 Å². The molecule has 1 aliphatic rings. The second kappa shape index (κ2) is 10.2. The van der Waals surface area contributed by atoms with Gasteiger partial charge in [-0.25, -0.2) is 0 Å². The molecule has 0 heterocycles. The highest BCUT2D eigenvalue weighted by molar-refractivity contribution is 6.30. The molecule has 1 fully saturated rings. The van der Waals surface area contributed by atoms with Gasteiger partial charge in [0.25, 0.3) is 5.91 Å². The standard InChI is InChI=1S/C19H23ClN2O6/c1-12-8-17(23)15(16(12)10-22(26)27)9-19(25)28-11-18(24)21-7-6-13-2-4-14(20)5-3-13/h2-5,12,15-16H,6-11H2,1H3,(H,21,24)/t12-,15+,16-/m1/s1. The van der Waals surface area contributed by atoms with Gasteiger partial charge in [0.15, 0.2) is 6.61 Å². The minimum absolute atomic E-state index is 0.146. The maximum atomic E-state index is 12.0. The molecule has 3 atom stereocenters. The Balaban J connectivity index is 1.72. The molecule has 0 aromatic heterocycles. The van der Waals surface area contributed by atoms with Crippen LogP contribution in [0.2, 0.25) is 5.02 Å². The van der Waals surface area contributed by atoms with Crippen molar-refractivity contribution in [3.8, 4) is 0 Å². The number of hydrogen-bond donors (Lipinski definition) is 1. The van der Waals surface area contributed by atoms with E-state index in [0.717, 1.165) is 5.56 Å². The van der Waals surface area contributed by atoms with Gasteiger partial charge < -0.3 is 10.1 Å². The molecule has 1 aliphatic carbocycles. The van der Waals surface area contributed by atoms with Crippen LogP contribution in [0, 0.1) is 27.9 Å². The number of nitrogens with one attached hydrogen (secondary N) is 1. The van der Waals surface area contributed by atoms with Gasteiger partial charge in [-0.2, -0.15) is 0 Å². The Bertz CT molecular complexity index is 736. The Morgan fingerprint density at radius 2 is 2.00 bits per heavy atom. The van der Waals surface area contributed by atoms with Crippen LogP contribution in [0.25, 0.3) is 0 Å². The van der Waals surface area contributed by atoms with Gasteiger partial charge in [0.2, 0.25) is 6.54 Å². The monoisotopic (exact) mass is 410 g/mol. The number of amides is 1. The number of carbonyl (C=O) groups is 3. The lowest BCUT2D eigenvalue weighted by atomic mass is 9.88. The summed E-state index contributed by atoms with van der Waals surface area (Å²) in [6, 6.07) is 7.24. The normalized spacial score (nSPS) is 21.4. The fourth-order valence-electron chi connectivity index (χ4n) is 3.43. The molecule has 28 heavy (non-hydrogen) atoms. The second-order valence-corrected chi connectivity index (χ2v) is 7.46. The van der Waals surface area contributed by atoms with E-state index < -0.39 is 35.2 Å². The number of esters is 1. The Morgan fingerprint density at radius 1 is 1.32 bits per heavy atom. The largest absolute Gasteiger partial charge is 0.456 e. The first kappa shape index (κ1) is 21.8. The van der Waals surface area contributed by atoms with Crippen molar-refractivity contribution in [2.75, 3.05) is 19.7 Å². The van der Waals surface area contributed by atoms with Gasteiger partial charge in [-0.1, -0.05) is 30.7 Å². The summed E-state index contributed by atoms with van der Waals surface area (Å²) in [5, 5.41) is 14.1. The van der Waals surface area contributed by atoms with Crippen LogP contribution in [0.3, 0.4) is 0 Å². The van der Waals surface area contributed by atoms with Crippen LogP contribution >= 0.6 is 11.6 Å². The number of carbonyl (C=O) groups excluding carboxylic acids is 3. The molecule has 2 rings (SSSR count). The van der Waals surface area contributed by atoms with Crippen LogP contribution in [-0.4, -0.2) is 42.3 Å². The predicted octanol–water partition coefficient (Wildman–Crippen LogP) is 2.05. The van der Waals surface area contributed by atoms with E-state index >= 15 is 0 Å². The lowest BCUT2D eigenvalue weighted by molar-refractivity contribution is -0.490. The number of rotatable bonds is 9. The fourth-order valence-corrected chi connectivity index (χ4v) is 3.56. The highest BCUT2D eigenvalue weighted by atomic mass is 35.5. The maximum absolute atomic E-state index is 12.0. The zero-order valence-electron chi connectivity index (χ0n) is 15.6. The molecule has 1 N–H and O–H groups in total. The number of nitro groups is 1. The van der Waals surface area contributed by atoms with Crippen molar-refractivity contribution in [3.63, 3.8) is 0 Å². The smallest absolute Gasteiger partial charge is 0.307 e. The van der Waals surface area contributed by atoms with Gasteiger partial charge in [-0.05, 0) is 30.0 Å². The van der Waals surface area contributed by atoms with Crippen LogP contribution in [0.4, 0.5) is 0 Å². The first-order valence-corrected chi connectivity index (χ1v) is 9.45. The zero-order chi connectivity index (χ0) is 20.7. The Morgan fingerprint density at radius 3 is 2.64 bits per heavy atom. The number of halogens is 1. The molecule has 0 spiro atoms. The molecule has 1 aromatic carbocycles. The van der Waals surface area contributed by atoms with Gasteiger partial charge >= 0.3 is 5.97 Å². The SMILES string of the molecule is C[C@@H]1CC(=O)[C@@H](CC(=O)OCC(=O)NCCc2ccc(Cl)cc2)[C@@H]1C[N+](=O)[O-]. The number of hydrogen-bond acceptors (Lipinski definition) is 6. The van der Waals surface area contributed by atoms with E-state index in [9.17, 15) is 24.5 Å².